The average Bonchev–Trinajstić information content (AvgIpc) is 3.27. The van der Waals surface area contributed by atoms with Crippen molar-refractivity contribution in [2.45, 2.75) is 25.3 Å². The Hall–Kier alpha value is -1.97. The first-order valence-electron chi connectivity index (χ1n) is 6.61. The van der Waals surface area contributed by atoms with Crippen LogP contribution >= 0.6 is 0 Å². The van der Waals surface area contributed by atoms with E-state index in [1.54, 1.807) is 0 Å². The van der Waals surface area contributed by atoms with Crippen LogP contribution in [-0.4, -0.2) is 0 Å². The molecule has 0 amide bonds. The fourth-order valence-electron chi connectivity index (χ4n) is 2.24. The summed E-state index contributed by atoms with van der Waals surface area (Å²) in [4.78, 5) is 0. The highest BCUT2D eigenvalue weighted by Crippen LogP contribution is 2.40. The number of anilines is 1. The number of rotatable bonds is 4. The molecular formula is C16H14F3N. The third kappa shape index (κ3) is 2.79. The van der Waals surface area contributed by atoms with Crippen molar-refractivity contribution in [1.82, 2.24) is 0 Å². The fraction of sp³-hybridized carbons (Fsp3) is 0.250. The van der Waals surface area contributed by atoms with E-state index in [1.165, 1.54) is 18.4 Å². The molecule has 0 saturated heterocycles. The maximum atomic E-state index is 13.1. The van der Waals surface area contributed by atoms with Gasteiger partial charge in [0, 0.05) is 24.4 Å². The number of halogens is 3. The van der Waals surface area contributed by atoms with Crippen LogP contribution in [0.25, 0.3) is 0 Å². The monoisotopic (exact) mass is 277 g/mol. The van der Waals surface area contributed by atoms with E-state index in [4.69, 9.17) is 0 Å². The number of hydrogen-bond acceptors (Lipinski definition) is 1. The minimum absolute atomic E-state index is 0.234. The lowest BCUT2D eigenvalue weighted by atomic mass is 10.1. The molecule has 4 heteroatoms. The molecule has 2 aromatic carbocycles. The van der Waals surface area contributed by atoms with Gasteiger partial charge in [-0.15, -0.1) is 0 Å². The summed E-state index contributed by atoms with van der Waals surface area (Å²) in [7, 11) is 0. The van der Waals surface area contributed by atoms with E-state index in [0.29, 0.717) is 12.5 Å². The molecule has 0 bridgehead atoms. The molecule has 1 nitrogen and oxygen atoms in total. The average molecular weight is 277 g/mol. The van der Waals surface area contributed by atoms with Gasteiger partial charge in [0.25, 0.3) is 0 Å². The Morgan fingerprint density at radius 3 is 2.35 bits per heavy atom. The van der Waals surface area contributed by atoms with Gasteiger partial charge in [0.1, 0.15) is 0 Å². The van der Waals surface area contributed by atoms with Crippen LogP contribution in [0, 0.1) is 17.5 Å². The Labute approximate surface area is 115 Å². The predicted molar refractivity (Wildman–Crippen MR) is 72.1 cm³/mol. The van der Waals surface area contributed by atoms with Crippen LogP contribution in [-0.2, 0) is 6.54 Å². The molecule has 0 atom stereocenters. The predicted octanol–water partition coefficient (Wildman–Crippen LogP) is 4.59. The van der Waals surface area contributed by atoms with Gasteiger partial charge in [-0.25, -0.2) is 13.2 Å². The summed E-state index contributed by atoms with van der Waals surface area (Å²) in [6, 6.07) is 10.1. The molecule has 1 saturated carbocycles. The fourth-order valence-corrected chi connectivity index (χ4v) is 2.24. The summed E-state index contributed by atoms with van der Waals surface area (Å²) < 4.78 is 39.0. The second-order valence-corrected chi connectivity index (χ2v) is 5.13. The first-order valence-corrected chi connectivity index (χ1v) is 6.61. The Balaban J connectivity index is 1.71. The molecule has 0 aliphatic heterocycles. The van der Waals surface area contributed by atoms with Crippen molar-refractivity contribution < 1.29 is 13.2 Å². The Bertz CT molecular complexity index is 612. The van der Waals surface area contributed by atoms with Crippen molar-refractivity contribution >= 4 is 5.69 Å². The summed E-state index contributed by atoms with van der Waals surface area (Å²) >= 11 is 0. The zero-order chi connectivity index (χ0) is 14.1. The van der Waals surface area contributed by atoms with E-state index in [0.717, 1.165) is 17.7 Å². The molecule has 0 radical (unpaired) electrons. The zero-order valence-electron chi connectivity index (χ0n) is 10.8. The van der Waals surface area contributed by atoms with Crippen LogP contribution in [0.2, 0.25) is 0 Å². The highest BCUT2D eigenvalue weighted by Gasteiger charge is 2.23. The van der Waals surface area contributed by atoms with E-state index < -0.39 is 17.5 Å². The van der Waals surface area contributed by atoms with Crippen LogP contribution < -0.4 is 5.32 Å². The van der Waals surface area contributed by atoms with E-state index in [2.05, 4.69) is 17.4 Å². The minimum atomic E-state index is -1.44. The summed E-state index contributed by atoms with van der Waals surface area (Å²) in [5.41, 5.74) is 2.58. The van der Waals surface area contributed by atoms with Crippen molar-refractivity contribution in [3.8, 4) is 0 Å². The molecule has 1 aliphatic carbocycles. The topological polar surface area (TPSA) is 12.0 Å². The van der Waals surface area contributed by atoms with Crippen LogP contribution in [0.3, 0.4) is 0 Å². The zero-order valence-corrected chi connectivity index (χ0v) is 10.8. The van der Waals surface area contributed by atoms with Gasteiger partial charge in [-0.05, 0) is 29.9 Å². The third-order valence-electron chi connectivity index (χ3n) is 3.48. The first kappa shape index (κ1) is 13.0. The highest BCUT2D eigenvalue weighted by molar-refractivity contribution is 5.45. The molecule has 0 aromatic heterocycles. The van der Waals surface area contributed by atoms with Crippen LogP contribution in [0.5, 0.6) is 0 Å². The van der Waals surface area contributed by atoms with Gasteiger partial charge in [0.15, 0.2) is 17.5 Å². The van der Waals surface area contributed by atoms with Crippen molar-refractivity contribution in [2.75, 3.05) is 5.32 Å². The van der Waals surface area contributed by atoms with Crippen molar-refractivity contribution in [1.29, 1.82) is 0 Å². The van der Waals surface area contributed by atoms with Gasteiger partial charge < -0.3 is 5.32 Å². The Morgan fingerprint density at radius 2 is 1.70 bits per heavy atom. The van der Waals surface area contributed by atoms with Gasteiger partial charge in [0.05, 0.1) is 0 Å². The van der Waals surface area contributed by atoms with Crippen LogP contribution in [0.4, 0.5) is 18.9 Å². The van der Waals surface area contributed by atoms with Crippen molar-refractivity contribution in [3.05, 3.63) is 65.0 Å². The molecule has 0 heterocycles. The molecular weight excluding hydrogens is 263 g/mol. The van der Waals surface area contributed by atoms with Crippen molar-refractivity contribution in [2.24, 2.45) is 0 Å². The van der Waals surface area contributed by atoms with E-state index in [-0.39, 0.29) is 5.69 Å². The SMILES string of the molecule is Fc1cc(NCc2cccc(C3CC3)c2)cc(F)c1F. The molecule has 1 N–H and O–H groups in total. The van der Waals surface area contributed by atoms with E-state index >= 15 is 0 Å². The highest BCUT2D eigenvalue weighted by atomic mass is 19.2. The van der Waals surface area contributed by atoms with E-state index in [9.17, 15) is 13.2 Å². The maximum absolute atomic E-state index is 13.1. The smallest absolute Gasteiger partial charge is 0.194 e. The summed E-state index contributed by atoms with van der Waals surface area (Å²) in [6.45, 7) is 0.449. The summed E-state index contributed by atoms with van der Waals surface area (Å²) in [6.07, 6.45) is 2.45. The quantitative estimate of drug-likeness (QED) is 0.806. The van der Waals surface area contributed by atoms with Crippen molar-refractivity contribution in [3.63, 3.8) is 0 Å². The van der Waals surface area contributed by atoms with Gasteiger partial charge in [-0.1, -0.05) is 24.3 Å². The molecule has 1 fully saturated rings. The number of benzene rings is 2. The second-order valence-electron chi connectivity index (χ2n) is 5.13. The lowest BCUT2D eigenvalue weighted by Gasteiger charge is -2.09. The standard InChI is InChI=1S/C16H14F3N/c17-14-7-13(8-15(18)16(14)19)20-9-10-2-1-3-12(6-10)11-4-5-11/h1-3,6-8,11,20H,4-5,9H2. The largest absolute Gasteiger partial charge is 0.381 e. The summed E-state index contributed by atoms with van der Waals surface area (Å²) in [5.74, 6) is -3.14. The molecule has 20 heavy (non-hydrogen) atoms. The van der Waals surface area contributed by atoms with Gasteiger partial charge >= 0.3 is 0 Å². The molecule has 1 aliphatic rings. The van der Waals surface area contributed by atoms with Gasteiger partial charge in [-0.3, -0.25) is 0 Å². The second kappa shape index (κ2) is 5.19. The maximum Gasteiger partial charge on any atom is 0.194 e. The minimum Gasteiger partial charge on any atom is -0.381 e. The van der Waals surface area contributed by atoms with Gasteiger partial charge in [-0.2, -0.15) is 0 Å². The van der Waals surface area contributed by atoms with Crippen LogP contribution in [0.15, 0.2) is 36.4 Å². The molecule has 0 spiro atoms. The van der Waals surface area contributed by atoms with E-state index in [1.807, 2.05) is 12.1 Å². The molecule has 104 valence electrons. The number of nitrogens with one attached hydrogen (secondary N) is 1. The Morgan fingerprint density at radius 1 is 1.00 bits per heavy atom. The lowest BCUT2D eigenvalue weighted by molar-refractivity contribution is 0.447. The molecule has 0 unspecified atom stereocenters. The molecule has 2 aromatic rings. The van der Waals surface area contributed by atoms with Gasteiger partial charge in [0.2, 0.25) is 0 Å². The Kier molecular flexibility index (Phi) is 3.38. The third-order valence-corrected chi connectivity index (χ3v) is 3.48. The first-order chi connectivity index (χ1) is 9.63. The number of hydrogen-bond donors (Lipinski definition) is 1. The molecule has 3 rings (SSSR count). The summed E-state index contributed by atoms with van der Waals surface area (Å²) in [5, 5.41) is 2.91. The van der Waals surface area contributed by atoms with Crippen LogP contribution in [0.1, 0.15) is 29.9 Å². The lowest BCUT2D eigenvalue weighted by Crippen LogP contribution is -2.02. The normalized spacial score (nSPS) is 14.3.